The molecule has 0 spiro atoms. The normalized spacial score (nSPS) is 11.8. The Morgan fingerprint density at radius 3 is 2.31 bits per heavy atom. The first kappa shape index (κ1) is 18.9. The van der Waals surface area contributed by atoms with Gasteiger partial charge in [-0.1, -0.05) is 69.2 Å². The van der Waals surface area contributed by atoms with E-state index in [0.717, 1.165) is 65.5 Å². The van der Waals surface area contributed by atoms with Crippen molar-refractivity contribution in [1.82, 2.24) is 4.98 Å². The smallest absolute Gasteiger partial charge is 0.115 e. The summed E-state index contributed by atoms with van der Waals surface area (Å²) in [5, 5.41) is 2.16. The lowest BCUT2D eigenvalue weighted by Gasteiger charge is -2.19. The van der Waals surface area contributed by atoms with Crippen LogP contribution in [0, 0.1) is 0 Å². The first-order valence-corrected chi connectivity index (χ1v) is 11.8. The van der Waals surface area contributed by atoms with Gasteiger partial charge in [-0.3, -0.25) is 0 Å². The van der Waals surface area contributed by atoms with Gasteiger partial charge in [-0.25, -0.2) is 4.98 Å². The van der Waals surface area contributed by atoms with Gasteiger partial charge in [0.15, 0.2) is 0 Å². The third kappa shape index (κ3) is 4.24. The van der Waals surface area contributed by atoms with E-state index in [2.05, 4.69) is 50.2 Å². The second kappa shape index (κ2) is 8.64. The van der Waals surface area contributed by atoms with E-state index in [1.807, 2.05) is 24.3 Å². The van der Waals surface area contributed by atoms with Crippen LogP contribution >= 0.6 is 7.14 Å². The van der Waals surface area contributed by atoms with Crippen LogP contribution in [0.25, 0.3) is 22.2 Å². The summed E-state index contributed by atoms with van der Waals surface area (Å²) >= 11 is 0. The largest absolute Gasteiger partial charge is 0.319 e. The summed E-state index contributed by atoms with van der Waals surface area (Å²) < 4.78 is 13.7. The molecule has 26 heavy (non-hydrogen) atoms. The summed E-state index contributed by atoms with van der Waals surface area (Å²) in [4.78, 5) is 4.80. The Kier molecular flexibility index (Phi) is 6.27. The quantitative estimate of drug-likeness (QED) is 0.427. The van der Waals surface area contributed by atoms with Gasteiger partial charge in [0.2, 0.25) is 0 Å². The highest BCUT2D eigenvalue weighted by molar-refractivity contribution is 7.71. The van der Waals surface area contributed by atoms with Crippen molar-refractivity contribution in [1.29, 1.82) is 0 Å². The van der Waals surface area contributed by atoms with Crippen molar-refractivity contribution in [2.24, 2.45) is 0 Å². The van der Waals surface area contributed by atoms with Gasteiger partial charge in [-0.15, -0.1) is 0 Å². The predicted molar refractivity (Wildman–Crippen MR) is 114 cm³/mol. The number of rotatable bonds is 8. The van der Waals surface area contributed by atoms with Crippen LogP contribution in [-0.2, 0) is 4.57 Å². The topological polar surface area (TPSA) is 30.0 Å². The van der Waals surface area contributed by atoms with E-state index in [-0.39, 0.29) is 0 Å². The van der Waals surface area contributed by atoms with E-state index in [1.165, 1.54) is 0 Å². The number of pyridine rings is 1. The standard InChI is InChI=1S/C23H28NOP/c1-3-5-16-26(25,17-6-4-2)21-12-9-11-20(18-21)23-15-14-19-10-7-8-13-22(19)24-23/h7-15,18H,3-6,16-17H2,1-2H3. The zero-order valence-electron chi connectivity index (χ0n) is 15.8. The monoisotopic (exact) mass is 365 g/mol. The minimum Gasteiger partial charge on any atom is -0.319 e. The van der Waals surface area contributed by atoms with Crippen molar-refractivity contribution in [3.63, 3.8) is 0 Å². The first-order valence-electron chi connectivity index (χ1n) is 9.71. The fraction of sp³-hybridized carbons (Fsp3) is 0.348. The number of benzene rings is 2. The Morgan fingerprint density at radius 1 is 0.846 bits per heavy atom. The fourth-order valence-corrected chi connectivity index (χ4v) is 6.47. The van der Waals surface area contributed by atoms with E-state index in [1.54, 1.807) is 0 Å². The van der Waals surface area contributed by atoms with E-state index < -0.39 is 7.14 Å². The molecular weight excluding hydrogens is 337 g/mol. The number of nitrogens with zero attached hydrogens (tertiary/aromatic N) is 1. The molecule has 0 bridgehead atoms. The molecule has 0 N–H and O–H groups in total. The molecule has 0 amide bonds. The summed E-state index contributed by atoms with van der Waals surface area (Å²) in [6.45, 7) is 4.33. The van der Waals surface area contributed by atoms with Crippen molar-refractivity contribution in [3.8, 4) is 11.3 Å². The fourth-order valence-electron chi connectivity index (χ4n) is 3.34. The molecule has 3 heteroatoms. The lowest BCUT2D eigenvalue weighted by molar-refractivity contribution is 0.576. The molecule has 1 aromatic heterocycles. The van der Waals surface area contributed by atoms with Gasteiger partial charge in [-0.05, 0) is 31.0 Å². The van der Waals surface area contributed by atoms with E-state index in [0.29, 0.717) is 0 Å². The molecule has 0 unspecified atom stereocenters. The predicted octanol–water partition coefficient (Wildman–Crippen LogP) is 6.49. The SMILES string of the molecule is CCCCP(=O)(CCCC)c1cccc(-c2ccc3ccccc3n2)c1. The summed E-state index contributed by atoms with van der Waals surface area (Å²) in [6.07, 6.45) is 5.86. The third-order valence-electron chi connectivity index (χ3n) is 4.96. The highest BCUT2D eigenvalue weighted by atomic mass is 31.2. The highest BCUT2D eigenvalue weighted by Gasteiger charge is 2.23. The minimum absolute atomic E-state index is 0.818. The molecule has 0 saturated heterocycles. The molecule has 1 heterocycles. The molecule has 136 valence electrons. The lowest BCUT2D eigenvalue weighted by Crippen LogP contribution is -2.11. The second-order valence-corrected chi connectivity index (χ2v) is 10.2. The molecular formula is C23H28NOP. The van der Waals surface area contributed by atoms with Gasteiger partial charge in [0, 0.05) is 28.6 Å². The van der Waals surface area contributed by atoms with Crippen molar-refractivity contribution in [2.75, 3.05) is 12.3 Å². The summed E-state index contributed by atoms with van der Waals surface area (Å²) in [5.74, 6) is 0. The average Bonchev–Trinajstić information content (AvgIpc) is 2.70. The Hall–Kier alpha value is -1.92. The van der Waals surface area contributed by atoms with Crippen LogP contribution in [0.1, 0.15) is 39.5 Å². The Morgan fingerprint density at radius 2 is 1.58 bits per heavy atom. The van der Waals surface area contributed by atoms with Gasteiger partial charge >= 0.3 is 0 Å². The van der Waals surface area contributed by atoms with Gasteiger partial charge in [-0.2, -0.15) is 0 Å². The number of aromatic nitrogens is 1. The van der Waals surface area contributed by atoms with Crippen LogP contribution in [0.5, 0.6) is 0 Å². The van der Waals surface area contributed by atoms with Crippen molar-refractivity contribution < 1.29 is 4.57 Å². The summed E-state index contributed by atoms with van der Waals surface area (Å²) in [7, 11) is -2.33. The van der Waals surface area contributed by atoms with Gasteiger partial charge in [0.05, 0.1) is 11.2 Å². The number of hydrogen-bond acceptors (Lipinski definition) is 2. The molecule has 0 atom stereocenters. The molecule has 0 saturated carbocycles. The third-order valence-corrected chi connectivity index (χ3v) is 8.25. The Balaban J connectivity index is 1.98. The maximum atomic E-state index is 13.7. The maximum Gasteiger partial charge on any atom is 0.115 e. The summed E-state index contributed by atoms with van der Waals surface area (Å²) in [6, 6.07) is 20.6. The molecule has 2 aromatic carbocycles. The zero-order valence-corrected chi connectivity index (χ0v) is 16.7. The van der Waals surface area contributed by atoms with E-state index in [4.69, 9.17) is 4.98 Å². The molecule has 0 aliphatic rings. The van der Waals surface area contributed by atoms with E-state index >= 15 is 0 Å². The van der Waals surface area contributed by atoms with Crippen LogP contribution in [0.4, 0.5) is 0 Å². The van der Waals surface area contributed by atoms with Crippen LogP contribution in [0.2, 0.25) is 0 Å². The molecule has 2 nitrogen and oxygen atoms in total. The molecule has 0 radical (unpaired) electrons. The van der Waals surface area contributed by atoms with Gasteiger partial charge in [0.25, 0.3) is 0 Å². The van der Waals surface area contributed by atoms with Crippen LogP contribution in [0.15, 0.2) is 60.7 Å². The van der Waals surface area contributed by atoms with Gasteiger partial charge < -0.3 is 4.57 Å². The maximum absolute atomic E-state index is 13.7. The first-order chi connectivity index (χ1) is 12.7. The van der Waals surface area contributed by atoms with Crippen LogP contribution in [0.3, 0.4) is 0 Å². The van der Waals surface area contributed by atoms with E-state index in [9.17, 15) is 4.57 Å². The molecule has 3 rings (SSSR count). The highest BCUT2D eigenvalue weighted by Crippen LogP contribution is 2.46. The second-order valence-electron chi connectivity index (χ2n) is 6.98. The van der Waals surface area contributed by atoms with Crippen LogP contribution < -0.4 is 5.30 Å². The Bertz CT molecular complexity index is 907. The van der Waals surface area contributed by atoms with Crippen molar-refractivity contribution >= 4 is 23.3 Å². The average molecular weight is 365 g/mol. The van der Waals surface area contributed by atoms with Crippen molar-refractivity contribution in [3.05, 3.63) is 60.7 Å². The number of fused-ring (bicyclic) bond motifs is 1. The minimum atomic E-state index is -2.33. The zero-order chi connectivity index (χ0) is 18.4. The number of para-hydroxylation sites is 1. The number of unbranched alkanes of at least 4 members (excludes halogenated alkanes) is 2. The molecule has 0 fully saturated rings. The van der Waals surface area contributed by atoms with Gasteiger partial charge in [0.1, 0.15) is 7.14 Å². The molecule has 3 aromatic rings. The van der Waals surface area contributed by atoms with Crippen molar-refractivity contribution in [2.45, 2.75) is 39.5 Å². The molecule has 0 aliphatic carbocycles. The lowest BCUT2D eigenvalue weighted by atomic mass is 10.1. The number of hydrogen-bond donors (Lipinski definition) is 0. The molecule has 0 aliphatic heterocycles. The Labute approximate surface area is 157 Å². The van der Waals surface area contributed by atoms with Crippen LogP contribution in [-0.4, -0.2) is 17.3 Å². The summed E-state index contributed by atoms with van der Waals surface area (Å²) in [5.41, 5.74) is 3.00.